The van der Waals surface area contributed by atoms with Crippen LogP contribution < -0.4 is 9.64 Å². The first-order chi connectivity index (χ1) is 13.3. The van der Waals surface area contributed by atoms with E-state index in [-0.39, 0.29) is 6.10 Å². The summed E-state index contributed by atoms with van der Waals surface area (Å²) in [6, 6.07) is 17.2. The number of anilines is 1. The average Bonchev–Trinajstić information content (AvgIpc) is 2.95. The maximum atomic E-state index is 6.18. The van der Waals surface area contributed by atoms with Crippen LogP contribution in [0, 0.1) is 0 Å². The van der Waals surface area contributed by atoms with Crippen LogP contribution in [-0.4, -0.2) is 51.3 Å². The van der Waals surface area contributed by atoms with E-state index in [0.717, 1.165) is 64.3 Å². The summed E-state index contributed by atoms with van der Waals surface area (Å²) in [5, 5.41) is 0. The second kappa shape index (κ2) is 8.77. The molecule has 0 saturated carbocycles. The Balaban J connectivity index is 1.29. The summed E-state index contributed by atoms with van der Waals surface area (Å²) in [5.74, 6) is 0.918. The number of hydrogen-bond acceptors (Lipinski definition) is 4. The highest BCUT2D eigenvalue weighted by Crippen LogP contribution is 2.29. The third-order valence-electron chi connectivity index (χ3n) is 5.83. The van der Waals surface area contributed by atoms with Crippen molar-refractivity contribution in [2.24, 2.45) is 0 Å². The van der Waals surface area contributed by atoms with Crippen molar-refractivity contribution in [2.45, 2.75) is 25.4 Å². The SMILES string of the molecule is COc1ccc(N2CCN(CCC3OCCCc4ccccc43)CC2)cc1. The molecular formula is C23H30N2O2. The zero-order valence-electron chi connectivity index (χ0n) is 16.3. The lowest BCUT2D eigenvalue weighted by Crippen LogP contribution is -2.46. The van der Waals surface area contributed by atoms with Gasteiger partial charge in [0.1, 0.15) is 5.75 Å². The van der Waals surface area contributed by atoms with Gasteiger partial charge in [0, 0.05) is 45.0 Å². The molecule has 2 aromatic rings. The Morgan fingerprint density at radius 2 is 1.78 bits per heavy atom. The van der Waals surface area contributed by atoms with Gasteiger partial charge in [0.2, 0.25) is 0 Å². The second-order valence-corrected chi connectivity index (χ2v) is 7.48. The first kappa shape index (κ1) is 18.3. The van der Waals surface area contributed by atoms with Gasteiger partial charge in [-0.2, -0.15) is 0 Å². The maximum absolute atomic E-state index is 6.18. The Hall–Kier alpha value is -2.04. The lowest BCUT2D eigenvalue weighted by molar-refractivity contribution is 0.0420. The molecule has 0 aliphatic carbocycles. The van der Waals surface area contributed by atoms with E-state index in [9.17, 15) is 0 Å². The Bertz CT molecular complexity index is 723. The number of rotatable bonds is 5. The molecule has 2 aromatic carbocycles. The van der Waals surface area contributed by atoms with Crippen molar-refractivity contribution < 1.29 is 9.47 Å². The van der Waals surface area contributed by atoms with E-state index >= 15 is 0 Å². The van der Waals surface area contributed by atoms with Crippen LogP contribution >= 0.6 is 0 Å². The first-order valence-corrected chi connectivity index (χ1v) is 10.1. The van der Waals surface area contributed by atoms with Gasteiger partial charge in [-0.25, -0.2) is 0 Å². The van der Waals surface area contributed by atoms with E-state index in [0.29, 0.717) is 0 Å². The summed E-state index contributed by atoms with van der Waals surface area (Å²) >= 11 is 0. The third kappa shape index (κ3) is 4.45. The molecule has 0 N–H and O–H groups in total. The topological polar surface area (TPSA) is 24.9 Å². The summed E-state index contributed by atoms with van der Waals surface area (Å²) in [6.45, 7) is 6.36. The van der Waals surface area contributed by atoms with Gasteiger partial charge in [-0.05, 0) is 54.7 Å². The van der Waals surface area contributed by atoms with Crippen LogP contribution in [0.3, 0.4) is 0 Å². The number of hydrogen-bond donors (Lipinski definition) is 0. The largest absolute Gasteiger partial charge is 0.497 e. The smallest absolute Gasteiger partial charge is 0.119 e. The molecule has 1 saturated heterocycles. The van der Waals surface area contributed by atoms with Crippen molar-refractivity contribution in [3.8, 4) is 5.75 Å². The number of nitrogens with zero attached hydrogens (tertiary/aromatic N) is 2. The van der Waals surface area contributed by atoms with Crippen molar-refractivity contribution >= 4 is 5.69 Å². The van der Waals surface area contributed by atoms with Gasteiger partial charge in [-0.15, -0.1) is 0 Å². The number of piperazine rings is 1. The molecule has 0 bridgehead atoms. The summed E-state index contributed by atoms with van der Waals surface area (Å²) in [7, 11) is 1.71. The zero-order chi connectivity index (χ0) is 18.5. The van der Waals surface area contributed by atoms with Crippen LogP contribution in [-0.2, 0) is 11.2 Å². The fraction of sp³-hybridized carbons (Fsp3) is 0.478. The molecule has 2 heterocycles. The Morgan fingerprint density at radius 3 is 2.56 bits per heavy atom. The summed E-state index contributed by atoms with van der Waals surface area (Å²) in [6.07, 6.45) is 3.61. The quantitative estimate of drug-likeness (QED) is 0.801. The van der Waals surface area contributed by atoms with Gasteiger partial charge >= 0.3 is 0 Å². The molecule has 0 radical (unpaired) electrons. The molecule has 4 heteroatoms. The standard InChI is InChI=1S/C23H30N2O2/c1-26-21-10-8-20(9-11-21)25-16-14-24(15-17-25)13-12-23-22-7-3-2-5-19(22)6-4-18-27-23/h2-3,5,7-11,23H,4,6,12-18H2,1H3. The van der Waals surface area contributed by atoms with Crippen molar-refractivity contribution in [1.82, 2.24) is 4.90 Å². The average molecular weight is 367 g/mol. The molecule has 0 spiro atoms. The van der Waals surface area contributed by atoms with Crippen molar-refractivity contribution in [1.29, 1.82) is 0 Å². The van der Waals surface area contributed by atoms with E-state index in [2.05, 4.69) is 46.2 Å². The van der Waals surface area contributed by atoms with E-state index in [1.54, 1.807) is 7.11 Å². The number of benzene rings is 2. The molecule has 4 nitrogen and oxygen atoms in total. The van der Waals surface area contributed by atoms with Gasteiger partial charge in [0.25, 0.3) is 0 Å². The third-order valence-corrected chi connectivity index (χ3v) is 5.83. The van der Waals surface area contributed by atoms with E-state index in [1.807, 2.05) is 12.1 Å². The van der Waals surface area contributed by atoms with Gasteiger partial charge in [0.15, 0.2) is 0 Å². The summed E-state index contributed by atoms with van der Waals surface area (Å²) in [5.41, 5.74) is 4.17. The van der Waals surface area contributed by atoms with Crippen LogP contribution in [0.25, 0.3) is 0 Å². The molecule has 1 atom stereocenters. The molecule has 0 aromatic heterocycles. The van der Waals surface area contributed by atoms with Gasteiger partial charge in [-0.3, -0.25) is 4.90 Å². The van der Waals surface area contributed by atoms with Gasteiger partial charge in [-0.1, -0.05) is 24.3 Å². The predicted octanol–water partition coefficient (Wildman–Crippen LogP) is 3.91. The van der Waals surface area contributed by atoms with Crippen molar-refractivity contribution in [2.75, 3.05) is 51.3 Å². The minimum Gasteiger partial charge on any atom is -0.497 e. The molecule has 2 aliphatic heterocycles. The highest BCUT2D eigenvalue weighted by atomic mass is 16.5. The predicted molar refractivity (Wildman–Crippen MR) is 110 cm³/mol. The highest BCUT2D eigenvalue weighted by Gasteiger charge is 2.22. The van der Waals surface area contributed by atoms with Crippen LogP contribution in [0.5, 0.6) is 5.75 Å². The molecule has 1 fully saturated rings. The highest BCUT2D eigenvalue weighted by molar-refractivity contribution is 5.49. The number of ether oxygens (including phenoxy) is 2. The lowest BCUT2D eigenvalue weighted by Gasteiger charge is -2.36. The second-order valence-electron chi connectivity index (χ2n) is 7.48. The maximum Gasteiger partial charge on any atom is 0.119 e. The number of methoxy groups -OCH3 is 1. The first-order valence-electron chi connectivity index (χ1n) is 10.1. The van der Waals surface area contributed by atoms with E-state index < -0.39 is 0 Å². The monoisotopic (exact) mass is 366 g/mol. The van der Waals surface area contributed by atoms with Crippen LogP contribution in [0.1, 0.15) is 30.1 Å². The number of aryl methyl sites for hydroxylation is 1. The Morgan fingerprint density at radius 1 is 1.00 bits per heavy atom. The summed E-state index contributed by atoms with van der Waals surface area (Å²) in [4.78, 5) is 5.05. The Labute approximate surface area is 162 Å². The van der Waals surface area contributed by atoms with E-state index in [1.165, 1.54) is 16.8 Å². The molecule has 0 amide bonds. The molecule has 2 aliphatic rings. The minimum absolute atomic E-state index is 0.253. The van der Waals surface area contributed by atoms with Crippen molar-refractivity contribution in [3.05, 3.63) is 59.7 Å². The zero-order valence-corrected chi connectivity index (χ0v) is 16.3. The lowest BCUT2D eigenvalue weighted by atomic mass is 9.98. The molecule has 144 valence electrons. The fourth-order valence-corrected chi connectivity index (χ4v) is 4.22. The molecule has 4 rings (SSSR count). The van der Waals surface area contributed by atoms with Crippen LogP contribution in [0.4, 0.5) is 5.69 Å². The van der Waals surface area contributed by atoms with Crippen LogP contribution in [0.15, 0.2) is 48.5 Å². The molecular weight excluding hydrogens is 336 g/mol. The Kier molecular flexibility index (Phi) is 5.95. The van der Waals surface area contributed by atoms with Crippen molar-refractivity contribution in [3.63, 3.8) is 0 Å². The van der Waals surface area contributed by atoms with Gasteiger partial charge in [0.05, 0.1) is 13.2 Å². The minimum atomic E-state index is 0.253. The summed E-state index contributed by atoms with van der Waals surface area (Å²) < 4.78 is 11.4. The fourth-order valence-electron chi connectivity index (χ4n) is 4.22. The normalized spacial score (nSPS) is 20.8. The number of fused-ring (bicyclic) bond motifs is 1. The van der Waals surface area contributed by atoms with E-state index in [4.69, 9.17) is 9.47 Å². The van der Waals surface area contributed by atoms with Gasteiger partial charge < -0.3 is 14.4 Å². The van der Waals surface area contributed by atoms with Crippen LogP contribution in [0.2, 0.25) is 0 Å². The molecule has 27 heavy (non-hydrogen) atoms. The molecule has 1 unspecified atom stereocenters.